The summed E-state index contributed by atoms with van der Waals surface area (Å²) in [5.41, 5.74) is 4.59. The van der Waals surface area contributed by atoms with Crippen LogP contribution < -0.4 is 0 Å². The van der Waals surface area contributed by atoms with Gasteiger partial charge in [0.2, 0.25) is 0 Å². The van der Waals surface area contributed by atoms with Gasteiger partial charge in [-0.2, -0.15) is 0 Å². The third kappa shape index (κ3) is 15.5. The van der Waals surface area contributed by atoms with Gasteiger partial charge < -0.3 is 32.2 Å². The van der Waals surface area contributed by atoms with E-state index in [0.717, 1.165) is 11.1 Å². The molecule has 0 saturated heterocycles. The smallest absolute Gasteiger partial charge is 0.679 e. The zero-order chi connectivity index (χ0) is 41.9. The molecule has 6 aromatic carbocycles. The first-order chi connectivity index (χ1) is 27.8. The fourth-order valence-electron chi connectivity index (χ4n) is 6.86. The van der Waals surface area contributed by atoms with Crippen LogP contribution in [0.25, 0.3) is 21.3 Å². The summed E-state index contributed by atoms with van der Waals surface area (Å²) in [6, 6.07) is 41.2. The minimum Gasteiger partial charge on any atom is -0.679 e. The molecule has 4 unspecified atom stereocenters. The summed E-state index contributed by atoms with van der Waals surface area (Å²) in [6.45, 7) is 8.16. The molecular formula is C46H44Cl8Cu2N4O2. The first-order valence-corrected chi connectivity index (χ1v) is 21.5. The molecule has 6 nitrogen and oxygen atoms in total. The van der Waals surface area contributed by atoms with Crippen LogP contribution in [0.3, 0.4) is 0 Å². The molecule has 4 atom stereocenters. The summed E-state index contributed by atoms with van der Waals surface area (Å²) in [4.78, 5) is 0. The summed E-state index contributed by atoms with van der Waals surface area (Å²) in [7, 11) is 0. The van der Waals surface area contributed by atoms with Gasteiger partial charge in [0, 0.05) is 40.2 Å². The van der Waals surface area contributed by atoms with Crippen molar-refractivity contribution < 1.29 is 45.1 Å². The van der Waals surface area contributed by atoms with E-state index in [9.17, 15) is 0 Å². The second-order valence-corrected chi connectivity index (χ2v) is 16.9. The molecule has 16 heteroatoms. The van der Waals surface area contributed by atoms with E-state index in [4.69, 9.17) is 114 Å². The third-order valence-electron chi connectivity index (χ3n) is 9.53. The second kappa shape index (κ2) is 28.0. The average molecular weight is 1100 g/mol. The van der Waals surface area contributed by atoms with Gasteiger partial charge in [-0.3, -0.25) is 0 Å². The van der Waals surface area contributed by atoms with Crippen molar-refractivity contribution in [1.29, 1.82) is 0 Å². The number of nitrogens with zero attached hydrogens (tertiary/aromatic N) is 4. The Morgan fingerprint density at radius 3 is 0.645 bits per heavy atom. The monoisotopic (exact) mass is 1090 g/mol. The molecule has 0 aliphatic rings. The van der Waals surface area contributed by atoms with Crippen molar-refractivity contribution in [2.75, 3.05) is 0 Å². The van der Waals surface area contributed by atoms with Crippen LogP contribution in [0.2, 0.25) is 40.2 Å². The van der Waals surface area contributed by atoms with Crippen LogP contribution in [-0.4, -0.2) is 35.1 Å². The summed E-state index contributed by atoms with van der Waals surface area (Å²) < 4.78 is 0. The predicted molar refractivity (Wildman–Crippen MR) is 261 cm³/mol. The van der Waals surface area contributed by atoms with E-state index >= 15 is 0 Å². The number of benzene rings is 6. The maximum atomic E-state index is 6.34. The normalized spacial score (nSPS) is 13.2. The Bertz CT molecular complexity index is 1910. The molecule has 0 bridgehead atoms. The van der Waals surface area contributed by atoms with Gasteiger partial charge in [0.15, 0.2) is 0 Å². The molecule has 2 radical (unpaired) electrons. The molecule has 0 heterocycles. The van der Waals surface area contributed by atoms with Crippen molar-refractivity contribution in [2.24, 2.45) is 0 Å². The van der Waals surface area contributed by atoms with Crippen LogP contribution in [0.4, 0.5) is 22.7 Å². The van der Waals surface area contributed by atoms with Crippen molar-refractivity contribution >= 4 is 116 Å². The SMILES string of the molecule is CC([N-]c1c(Cl)cccc1Cl)C(c1ccccc1)C(C)[N-]c1c(Cl)cccc1Cl.CC([N-]c1c(Cl)cccc1Cl)C(c1ccccc1)C(C)[N-]c1c(Cl)cccc1Cl.O.O.[Cu+2].[Cu+2]. The zero-order valence-corrected chi connectivity index (χ0v) is 41.5. The van der Waals surface area contributed by atoms with Crippen molar-refractivity contribution in [3.05, 3.63) is 206 Å². The van der Waals surface area contributed by atoms with E-state index in [1.165, 1.54) is 0 Å². The van der Waals surface area contributed by atoms with Crippen LogP contribution in [-0.2, 0) is 34.1 Å². The zero-order valence-electron chi connectivity index (χ0n) is 33.6. The summed E-state index contributed by atoms with van der Waals surface area (Å²) in [5, 5.41) is 23.6. The fraction of sp³-hybridized carbons (Fsp3) is 0.217. The van der Waals surface area contributed by atoms with E-state index in [2.05, 4.69) is 24.3 Å². The Morgan fingerprint density at radius 1 is 0.290 bits per heavy atom. The maximum Gasteiger partial charge on any atom is 2.00 e. The van der Waals surface area contributed by atoms with E-state index in [1.807, 2.05) is 64.1 Å². The van der Waals surface area contributed by atoms with Gasteiger partial charge in [0.05, 0.1) is 0 Å². The predicted octanol–water partition coefficient (Wildman–Crippen LogP) is 17.5. The largest absolute Gasteiger partial charge is 2.00 e. The van der Waals surface area contributed by atoms with Gasteiger partial charge in [-0.25, -0.2) is 0 Å². The first-order valence-electron chi connectivity index (χ1n) is 18.5. The van der Waals surface area contributed by atoms with Gasteiger partial charge in [-0.05, 0) is 71.5 Å². The Labute approximate surface area is 426 Å². The molecule has 0 spiro atoms. The van der Waals surface area contributed by atoms with Gasteiger partial charge >= 0.3 is 34.1 Å². The molecule has 62 heavy (non-hydrogen) atoms. The maximum absolute atomic E-state index is 6.34. The van der Waals surface area contributed by atoms with Crippen LogP contribution >= 0.6 is 92.8 Å². The molecular weight excluding hydrogens is 1050 g/mol. The van der Waals surface area contributed by atoms with Gasteiger partial charge in [0.25, 0.3) is 0 Å². The van der Waals surface area contributed by atoms with Gasteiger partial charge in [-0.15, -0.1) is 46.9 Å². The fourth-order valence-corrected chi connectivity index (χ4v) is 8.84. The summed E-state index contributed by atoms with van der Waals surface area (Å²) >= 11 is 50.7. The number of halogens is 8. The van der Waals surface area contributed by atoms with Crippen molar-refractivity contribution in [1.82, 2.24) is 0 Å². The molecule has 0 amide bonds. The molecule has 6 aromatic rings. The van der Waals surface area contributed by atoms with Gasteiger partial charge in [-0.1, -0.05) is 205 Å². The number of para-hydroxylation sites is 4. The average Bonchev–Trinajstić information content (AvgIpc) is 3.19. The minimum atomic E-state index is -0.144. The van der Waals surface area contributed by atoms with Crippen molar-refractivity contribution in [2.45, 2.75) is 63.7 Å². The van der Waals surface area contributed by atoms with Crippen molar-refractivity contribution in [3.63, 3.8) is 0 Å². The standard InChI is InChI=1S/2C23H20Cl4N2.2Cu.2H2O/c2*1-14(28-22-17(24)10-6-11-18(22)25)21(16-8-4-3-5-9-16)15(2)29-23-19(26)12-7-13-20(23)27;;;;/h2*3-15,21H,1-2H3;;;2*1H2/q2*-2;2*+2;;. The molecule has 0 aliphatic heterocycles. The molecule has 0 fully saturated rings. The molecule has 4 N–H and O–H groups in total. The summed E-state index contributed by atoms with van der Waals surface area (Å²) in [5.74, 6) is -0.0632. The van der Waals surface area contributed by atoms with E-state index in [1.54, 1.807) is 72.8 Å². The molecule has 0 saturated carbocycles. The van der Waals surface area contributed by atoms with E-state index < -0.39 is 0 Å². The van der Waals surface area contributed by atoms with Crippen LogP contribution in [0.5, 0.6) is 0 Å². The van der Waals surface area contributed by atoms with Gasteiger partial charge in [0.1, 0.15) is 0 Å². The molecule has 338 valence electrons. The Balaban J connectivity index is 0.000000582. The number of hydrogen-bond acceptors (Lipinski definition) is 0. The number of rotatable bonds is 14. The quantitative estimate of drug-likeness (QED) is 0.0966. The number of hydrogen-bond donors (Lipinski definition) is 0. The van der Waals surface area contributed by atoms with E-state index in [-0.39, 0.29) is 81.1 Å². The topological polar surface area (TPSA) is 119 Å². The van der Waals surface area contributed by atoms with Crippen LogP contribution in [0.1, 0.15) is 50.7 Å². The van der Waals surface area contributed by atoms with Crippen LogP contribution in [0.15, 0.2) is 133 Å². The molecule has 0 aromatic heterocycles. The second-order valence-electron chi connectivity index (χ2n) is 13.6. The first kappa shape index (κ1) is 57.8. The Kier molecular flexibility index (Phi) is 26.1. The molecule has 6 rings (SSSR count). The third-order valence-corrected chi connectivity index (χ3v) is 12.0. The van der Waals surface area contributed by atoms with E-state index in [0.29, 0.717) is 62.9 Å². The minimum absolute atomic E-state index is 0. The Hall–Kier alpha value is -2.20. The van der Waals surface area contributed by atoms with Crippen molar-refractivity contribution in [3.8, 4) is 0 Å². The molecule has 0 aliphatic carbocycles. The summed E-state index contributed by atoms with van der Waals surface area (Å²) in [6.07, 6.45) is 0. The van der Waals surface area contributed by atoms with Crippen LogP contribution in [0, 0.1) is 0 Å². The Morgan fingerprint density at radius 2 is 0.468 bits per heavy atom.